The van der Waals surface area contributed by atoms with Gasteiger partial charge in [-0.2, -0.15) is 0 Å². The first-order valence-electron chi connectivity index (χ1n) is 24.1. The quantitative estimate of drug-likeness (QED) is 0.0379. The van der Waals surface area contributed by atoms with E-state index in [1.54, 1.807) is 0 Å². The number of nitrogens with one attached hydrogen (secondary N) is 1. The van der Waals surface area contributed by atoms with Gasteiger partial charge in [-0.1, -0.05) is 194 Å². The Morgan fingerprint density at radius 3 is 1.18 bits per heavy atom. The summed E-state index contributed by atoms with van der Waals surface area (Å²) in [5.74, 6) is -0.856. The predicted molar refractivity (Wildman–Crippen MR) is 234 cm³/mol. The van der Waals surface area contributed by atoms with Crippen LogP contribution in [-0.2, 0) is 23.9 Å². The third kappa shape index (κ3) is 41.8. The van der Waals surface area contributed by atoms with E-state index >= 15 is 0 Å². The number of rotatable bonds is 43. The van der Waals surface area contributed by atoms with E-state index in [-0.39, 0.29) is 24.7 Å². The molecule has 0 heterocycles. The lowest BCUT2D eigenvalue weighted by Crippen LogP contribution is -2.42. The van der Waals surface area contributed by atoms with E-state index in [1.165, 1.54) is 167 Å². The van der Waals surface area contributed by atoms with Gasteiger partial charge >= 0.3 is 11.9 Å². The number of amides is 1. The largest absolute Gasteiger partial charge is 0.466 e. The van der Waals surface area contributed by atoms with Crippen molar-refractivity contribution in [3.63, 3.8) is 0 Å². The zero-order chi connectivity index (χ0) is 40.5. The Hall–Kier alpha value is -1.63. The standard InChI is InChI=1S/C48H94N2O5/c1-6-8-10-12-14-16-18-20-25-29-33-37-43-54-47(52)41-40-45(48(53)55-44-38-34-30-26-21-19-17-15-13-11-9-7-2)49-46(51)39-35-31-27-23-22-24-28-32-36-42-50(3,4)5/h45H,6-44H2,1-5H3/p+1. The number of nitrogens with zero attached hydrogens (tertiary/aromatic N) is 1. The van der Waals surface area contributed by atoms with E-state index in [4.69, 9.17) is 9.47 Å². The lowest BCUT2D eigenvalue weighted by molar-refractivity contribution is -0.870. The topological polar surface area (TPSA) is 81.7 Å². The molecule has 1 unspecified atom stereocenters. The second-order valence-electron chi connectivity index (χ2n) is 17.8. The Morgan fingerprint density at radius 2 is 0.782 bits per heavy atom. The molecule has 0 rings (SSSR count). The highest BCUT2D eigenvalue weighted by Crippen LogP contribution is 2.15. The molecule has 0 saturated heterocycles. The summed E-state index contributed by atoms with van der Waals surface area (Å²) in [7, 11) is 6.76. The first-order chi connectivity index (χ1) is 26.7. The Bertz CT molecular complexity index is 858. The van der Waals surface area contributed by atoms with E-state index in [1.807, 2.05) is 0 Å². The summed E-state index contributed by atoms with van der Waals surface area (Å²) in [6, 6.07) is -0.805. The average Bonchev–Trinajstić information content (AvgIpc) is 3.15. The van der Waals surface area contributed by atoms with Crippen molar-refractivity contribution in [2.75, 3.05) is 40.9 Å². The normalized spacial score (nSPS) is 12.2. The number of unbranched alkanes of at least 4 members (excludes halogenated alkanes) is 30. The molecule has 0 aliphatic rings. The highest BCUT2D eigenvalue weighted by Gasteiger charge is 2.23. The van der Waals surface area contributed by atoms with Crippen molar-refractivity contribution in [3.8, 4) is 0 Å². The number of quaternary nitrogens is 1. The van der Waals surface area contributed by atoms with Crippen molar-refractivity contribution in [1.29, 1.82) is 0 Å². The van der Waals surface area contributed by atoms with Crippen LogP contribution in [0.5, 0.6) is 0 Å². The number of hydrogen-bond donors (Lipinski definition) is 1. The predicted octanol–water partition coefficient (Wildman–Crippen LogP) is 13.3. The summed E-state index contributed by atoms with van der Waals surface area (Å²) < 4.78 is 12.2. The molecule has 1 atom stereocenters. The van der Waals surface area contributed by atoms with Gasteiger partial charge < -0.3 is 19.3 Å². The summed E-state index contributed by atoms with van der Waals surface area (Å²) in [6.45, 7) is 6.55. The summed E-state index contributed by atoms with van der Waals surface area (Å²) >= 11 is 0. The Labute approximate surface area is 342 Å². The minimum absolute atomic E-state index is 0.103. The Morgan fingerprint density at radius 1 is 0.436 bits per heavy atom. The molecule has 0 fully saturated rings. The van der Waals surface area contributed by atoms with E-state index < -0.39 is 12.0 Å². The molecule has 0 bridgehead atoms. The van der Waals surface area contributed by atoms with Gasteiger partial charge in [0.2, 0.25) is 5.91 Å². The highest BCUT2D eigenvalue weighted by molar-refractivity contribution is 5.85. The van der Waals surface area contributed by atoms with Crippen molar-refractivity contribution in [1.82, 2.24) is 5.32 Å². The molecule has 326 valence electrons. The lowest BCUT2D eigenvalue weighted by atomic mass is 10.1. The summed E-state index contributed by atoms with van der Waals surface area (Å²) in [5, 5.41) is 2.90. The smallest absolute Gasteiger partial charge is 0.328 e. The Balaban J connectivity index is 4.36. The van der Waals surface area contributed by atoms with Crippen molar-refractivity contribution >= 4 is 17.8 Å². The first-order valence-corrected chi connectivity index (χ1v) is 24.1. The minimum Gasteiger partial charge on any atom is -0.466 e. The van der Waals surface area contributed by atoms with Gasteiger partial charge in [0.15, 0.2) is 0 Å². The number of carbonyl (C=O) groups excluding carboxylic acids is 3. The lowest BCUT2D eigenvalue weighted by Gasteiger charge is -2.23. The van der Waals surface area contributed by atoms with Crippen LogP contribution in [0.25, 0.3) is 0 Å². The van der Waals surface area contributed by atoms with Crippen LogP contribution < -0.4 is 5.32 Å². The van der Waals surface area contributed by atoms with Crippen LogP contribution in [0.1, 0.15) is 245 Å². The molecule has 0 aliphatic heterocycles. The van der Waals surface area contributed by atoms with Gasteiger partial charge in [0.25, 0.3) is 0 Å². The average molecular weight is 780 g/mol. The number of esters is 2. The van der Waals surface area contributed by atoms with E-state index in [0.29, 0.717) is 19.6 Å². The summed E-state index contributed by atoms with van der Waals surface area (Å²) in [5.41, 5.74) is 0. The fourth-order valence-electron chi connectivity index (χ4n) is 7.30. The Kier molecular flexibility index (Phi) is 39.4. The van der Waals surface area contributed by atoms with Crippen LogP contribution in [0, 0.1) is 0 Å². The molecular weight excluding hydrogens is 685 g/mol. The summed E-state index contributed by atoms with van der Waals surface area (Å²) in [4.78, 5) is 38.5. The van der Waals surface area contributed by atoms with Crippen LogP contribution in [0.2, 0.25) is 0 Å². The minimum atomic E-state index is -0.805. The summed E-state index contributed by atoms with van der Waals surface area (Å²) in [6.07, 6.45) is 41.6. The van der Waals surface area contributed by atoms with Gasteiger partial charge in [-0.15, -0.1) is 0 Å². The number of carbonyl (C=O) groups is 3. The molecule has 7 heteroatoms. The first kappa shape index (κ1) is 53.4. The molecule has 0 spiro atoms. The fourth-order valence-corrected chi connectivity index (χ4v) is 7.30. The second kappa shape index (κ2) is 40.6. The van der Waals surface area contributed by atoms with Gasteiger partial charge in [-0.05, 0) is 38.5 Å². The second-order valence-corrected chi connectivity index (χ2v) is 17.8. The third-order valence-corrected chi connectivity index (χ3v) is 11.0. The van der Waals surface area contributed by atoms with E-state index in [0.717, 1.165) is 55.8 Å². The molecule has 0 aromatic heterocycles. The number of hydrogen-bond acceptors (Lipinski definition) is 5. The molecule has 0 aliphatic carbocycles. The molecule has 55 heavy (non-hydrogen) atoms. The molecular formula is C48H95N2O5+. The molecule has 0 saturated carbocycles. The van der Waals surface area contributed by atoms with Gasteiger partial charge in [0, 0.05) is 12.8 Å². The van der Waals surface area contributed by atoms with Crippen molar-refractivity contribution in [2.45, 2.75) is 251 Å². The maximum atomic E-state index is 13.1. The molecule has 1 N–H and O–H groups in total. The van der Waals surface area contributed by atoms with Crippen molar-refractivity contribution in [3.05, 3.63) is 0 Å². The zero-order valence-corrected chi connectivity index (χ0v) is 37.6. The van der Waals surface area contributed by atoms with Gasteiger partial charge in [-0.25, -0.2) is 4.79 Å². The van der Waals surface area contributed by atoms with Gasteiger partial charge in [0.05, 0.1) is 40.9 Å². The third-order valence-electron chi connectivity index (χ3n) is 11.0. The SMILES string of the molecule is CCCCCCCCCCCCCCOC(=O)CCC(NC(=O)CCCCCCCCCCC[N+](C)(C)C)C(=O)OCCCCCCCCCCCCCC. The fraction of sp³-hybridized carbons (Fsp3) is 0.938. The molecule has 0 aromatic rings. The highest BCUT2D eigenvalue weighted by atomic mass is 16.5. The van der Waals surface area contributed by atoms with Crippen LogP contribution in [0.4, 0.5) is 0 Å². The molecule has 0 aromatic carbocycles. The maximum Gasteiger partial charge on any atom is 0.328 e. The van der Waals surface area contributed by atoms with Crippen LogP contribution in [0.3, 0.4) is 0 Å². The van der Waals surface area contributed by atoms with Crippen LogP contribution in [-0.4, -0.2) is 69.3 Å². The van der Waals surface area contributed by atoms with Gasteiger partial charge in [0.1, 0.15) is 6.04 Å². The van der Waals surface area contributed by atoms with Gasteiger partial charge in [-0.3, -0.25) is 9.59 Å². The number of ether oxygens (including phenoxy) is 2. The molecule has 0 radical (unpaired) electrons. The maximum absolute atomic E-state index is 13.1. The van der Waals surface area contributed by atoms with Crippen LogP contribution in [0.15, 0.2) is 0 Å². The molecule has 1 amide bonds. The zero-order valence-electron chi connectivity index (χ0n) is 37.6. The monoisotopic (exact) mass is 780 g/mol. The van der Waals surface area contributed by atoms with E-state index in [9.17, 15) is 14.4 Å². The van der Waals surface area contributed by atoms with E-state index in [2.05, 4.69) is 40.3 Å². The van der Waals surface area contributed by atoms with Crippen molar-refractivity contribution in [2.24, 2.45) is 0 Å². The van der Waals surface area contributed by atoms with Crippen molar-refractivity contribution < 1.29 is 28.3 Å². The van der Waals surface area contributed by atoms with Crippen LogP contribution >= 0.6 is 0 Å². The molecule has 7 nitrogen and oxygen atoms in total.